The molecule has 0 radical (unpaired) electrons. The van der Waals surface area contributed by atoms with Crippen LogP contribution in [0.5, 0.6) is 0 Å². The third-order valence-electron chi connectivity index (χ3n) is 2.99. The summed E-state index contributed by atoms with van der Waals surface area (Å²) in [5, 5.41) is 8.84. The summed E-state index contributed by atoms with van der Waals surface area (Å²) in [4.78, 5) is 25.3. The molecule has 2 amide bonds. The van der Waals surface area contributed by atoms with Crippen molar-refractivity contribution in [3.8, 4) is 6.07 Å². The fraction of sp³-hybridized carbons (Fsp3) is 0.357. The van der Waals surface area contributed by atoms with E-state index in [2.05, 4.69) is 0 Å². The molecule has 0 N–H and O–H groups in total. The van der Waals surface area contributed by atoms with E-state index in [1.165, 1.54) is 4.90 Å². The van der Waals surface area contributed by atoms with E-state index in [9.17, 15) is 9.59 Å². The fourth-order valence-electron chi connectivity index (χ4n) is 2.18. The van der Waals surface area contributed by atoms with Gasteiger partial charge in [0.1, 0.15) is 0 Å². The Hall–Kier alpha value is -2.15. The van der Waals surface area contributed by atoms with Crippen molar-refractivity contribution in [3.05, 3.63) is 29.8 Å². The number of hydrogen-bond donors (Lipinski definition) is 0. The van der Waals surface area contributed by atoms with Crippen LogP contribution in [0.25, 0.3) is 0 Å². The molecule has 92 valence electrons. The highest BCUT2D eigenvalue weighted by atomic mass is 16.2. The van der Waals surface area contributed by atoms with Crippen LogP contribution >= 0.6 is 0 Å². The van der Waals surface area contributed by atoms with Gasteiger partial charge in [0.05, 0.1) is 17.3 Å². The molecule has 2 rings (SSSR count). The van der Waals surface area contributed by atoms with Crippen LogP contribution in [0, 0.1) is 16.7 Å². The van der Waals surface area contributed by atoms with Crippen LogP contribution < -0.4 is 4.90 Å². The molecule has 1 aliphatic rings. The number of rotatable bonds is 1. The molecule has 4 nitrogen and oxygen atoms in total. The molecule has 0 unspecified atom stereocenters. The Bertz CT molecular complexity index is 535. The molecule has 0 bridgehead atoms. The van der Waals surface area contributed by atoms with Gasteiger partial charge in [-0.25, -0.2) is 0 Å². The zero-order valence-electron chi connectivity index (χ0n) is 10.4. The number of piperidine rings is 1. The van der Waals surface area contributed by atoms with E-state index in [1.807, 2.05) is 19.9 Å². The highest BCUT2D eigenvalue weighted by molar-refractivity contribution is 6.16. The first kappa shape index (κ1) is 12.3. The molecular weight excluding hydrogens is 228 g/mol. The van der Waals surface area contributed by atoms with Crippen molar-refractivity contribution in [1.82, 2.24) is 0 Å². The van der Waals surface area contributed by atoms with E-state index in [0.29, 0.717) is 24.1 Å². The summed E-state index contributed by atoms with van der Waals surface area (Å²) >= 11 is 0. The number of anilines is 1. The van der Waals surface area contributed by atoms with Crippen LogP contribution in [-0.2, 0) is 9.59 Å². The summed E-state index contributed by atoms with van der Waals surface area (Å²) in [6.45, 7) is 3.82. The first-order valence-corrected chi connectivity index (χ1v) is 5.79. The van der Waals surface area contributed by atoms with E-state index in [-0.39, 0.29) is 17.2 Å². The van der Waals surface area contributed by atoms with Gasteiger partial charge >= 0.3 is 0 Å². The quantitative estimate of drug-likeness (QED) is 0.709. The molecule has 1 heterocycles. The molecule has 0 spiro atoms. The first-order valence-electron chi connectivity index (χ1n) is 5.79. The zero-order valence-corrected chi connectivity index (χ0v) is 10.4. The minimum absolute atomic E-state index is 0.202. The molecule has 1 aliphatic heterocycles. The zero-order chi connectivity index (χ0) is 13.3. The lowest BCUT2D eigenvalue weighted by molar-refractivity contribution is -0.132. The van der Waals surface area contributed by atoms with Crippen molar-refractivity contribution < 1.29 is 9.59 Å². The number of carbonyl (C=O) groups is 2. The lowest BCUT2D eigenvalue weighted by Crippen LogP contribution is -2.46. The summed E-state index contributed by atoms with van der Waals surface area (Å²) in [7, 11) is 0. The third-order valence-corrected chi connectivity index (χ3v) is 2.99. The molecular formula is C14H14N2O2. The Morgan fingerprint density at radius 3 is 2.39 bits per heavy atom. The second-order valence-electron chi connectivity index (χ2n) is 5.30. The van der Waals surface area contributed by atoms with Crippen molar-refractivity contribution in [2.75, 3.05) is 4.90 Å². The Balaban J connectivity index is 2.36. The Morgan fingerprint density at radius 2 is 1.83 bits per heavy atom. The standard InChI is InChI=1S/C14H14N2O2/c1-14(2)7-12(17)16(13(18)8-14)11-5-3-4-10(6-11)9-15/h3-6H,7-8H2,1-2H3. The summed E-state index contributed by atoms with van der Waals surface area (Å²) in [6.07, 6.45) is 0.686. The Morgan fingerprint density at radius 1 is 1.22 bits per heavy atom. The van der Waals surface area contributed by atoms with Crippen LogP contribution in [0.2, 0.25) is 0 Å². The summed E-state index contributed by atoms with van der Waals surface area (Å²) in [5.41, 5.74) is 0.648. The second kappa shape index (κ2) is 4.26. The van der Waals surface area contributed by atoms with Crippen molar-refractivity contribution in [2.24, 2.45) is 5.41 Å². The van der Waals surface area contributed by atoms with Crippen molar-refractivity contribution >= 4 is 17.5 Å². The summed E-state index contributed by atoms with van der Waals surface area (Å²) < 4.78 is 0. The van der Waals surface area contributed by atoms with E-state index in [4.69, 9.17) is 5.26 Å². The number of benzene rings is 1. The molecule has 0 aliphatic carbocycles. The molecule has 1 aromatic carbocycles. The largest absolute Gasteiger partial charge is 0.274 e. The predicted octanol–water partition coefficient (Wildman–Crippen LogP) is 2.24. The number of nitrogens with zero attached hydrogens (tertiary/aromatic N) is 2. The topological polar surface area (TPSA) is 61.2 Å². The van der Waals surface area contributed by atoms with Gasteiger partial charge in [0.2, 0.25) is 11.8 Å². The SMILES string of the molecule is CC1(C)CC(=O)N(c2cccc(C#N)c2)C(=O)C1. The number of carbonyl (C=O) groups excluding carboxylic acids is 2. The van der Waals surface area contributed by atoms with Crippen molar-refractivity contribution in [1.29, 1.82) is 5.26 Å². The van der Waals surface area contributed by atoms with Crippen LogP contribution in [0.1, 0.15) is 32.3 Å². The highest BCUT2D eigenvalue weighted by Crippen LogP contribution is 2.34. The smallest absolute Gasteiger partial charge is 0.234 e. The summed E-state index contributed by atoms with van der Waals surface area (Å²) in [5.74, 6) is -0.405. The average Bonchev–Trinajstić information content (AvgIpc) is 2.26. The second-order valence-corrected chi connectivity index (χ2v) is 5.30. The monoisotopic (exact) mass is 242 g/mol. The average molecular weight is 242 g/mol. The fourth-order valence-corrected chi connectivity index (χ4v) is 2.18. The van der Waals surface area contributed by atoms with E-state index in [1.54, 1.807) is 24.3 Å². The molecule has 0 atom stereocenters. The third kappa shape index (κ3) is 2.25. The molecule has 1 saturated heterocycles. The molecule has 1 fully saturated rings. The molecule has 1 aromatic rings. The number of amides is 2. The van der Waals surface area contributed by atoms with Crippen LogP contribution in [0.3, 0.4) is 0 Å². The predicted molar refractivity (Wildman–Crippen MR) is 66.7 cm³/mol. The Labute approximate surface area is 106 Å². The van der Waals surface area contributed by atoms with Gasteiger partial charge in [0, 0.05) is 12.8 Å². The maximum atomic E-state index is 12.0. The van der Waals surface area contributed by atoms with Gasteiger partial charge in [-0.3, -0.25) is 14.5 Å². The number of hydrogen-bond acceptors (Lipinski definition) is 3. The lowest BCUT2D eigenvalue weighted by atomic mass is 9.81. The maximum Gasteiger partial charge on any atom is 0.234 e. The first-order chi connectivity index (χ1) is 8.43. The van der Waals surface area contributed by atoms with Gasteiger partial charge in [-0.1, -0.05) is 19.9 Å². The molecule has 18 heavy (non-hydrogen) atoms. The van der Waals surface area contributed by atoms with Gasteiger partial charge in [0.15, 0.2) is 0 Å². The van der Waals surface area contributed by atoms with Crippen LogP contribution in [0.4, 0.5) is 5.69 Å². The number of nitriles is 1. The molecule has 0 saturated carbocycles. The van der Waals surface area contributed by atoms with Gasteiger partial charge < -0.3 is 0 Å². The van der Waals surface area contributed by atoms with Gasteiger partial charge in [-0.2, -0.15) is 5.26 Å². The minimum atomic E-state index is -0.280. The highest BCUT2D eigenvalue weighted by Gasteiger charge is 2.38. The Kier molecular flexibility index (Phi) is 2.92. The van der Waals surface area contributed by atoms with E-state index in [0.717, 1.165) is 0 Å². The van der Waals surface area contributed by atoms with Gasteiger partial charge in [0.25, 0.3) is 0 Å². The lowest BCUT2D eigenvalue weighted by Gasteiger charge is -2.34. The summed E-state index contributed by atoms with van der Waals surface area (Å²) in [6, 6.07) is 8.56. The normalized spacial score (nSPS) is 18.6. The molecule has 0 aromatic heterocycles. The van der Waals surface area contributed by atoms with E-state index < -0.39 is 0 Å². The van der Waals surface area contributed by atoms with Gasteiger partial charge in [-0.15, -0.1) is 0 Å². The number of imide groups is 1. The van der Waals surface area contributed by atoms with Crippen molar-refractivity contribution in [2.45, 2.75) is 26.7 Å². The molecule has 4 heteroatoms. The van der Waals surface area contributed by atoms with Crippen LogP contribution in [-0.4, -0.2) is 11.8 Å². The minimum Gasteiger partial charge on any atom is -0.274 e. The van der Waals surface area contributed by atoms with E-state index >= 15 is 0 Å². The van der Waals surface area contributed by atoms with Gasteiger partial charge in [-0.05, 0) is 23.6 Å². The maximum absolute atomic E-state index is 12.0. The van der Waals surface area contributed by atoms with Crippen LogP contribution in [0.15, 0.2) is 24.3 Å². The van der Waals surface area contributed by atoms with Crippen molar-refractivity contribution in [3.63, 3.8) is 0 Å².